The van der Waals surface area contributed by atoms with Crippen LogP contribution in [0.1, 0.15) is 41.4 Å². The van der Waals surface area contributed by atoms with Gasteiger partial charge in [0.2, 0.25) is 5.91 Å². The highest BCUT2D eigenvalue weighted by Crippen LogP contribution is 2.24. The Bertz CT molecular complexity index is 784. The van der Waals surface area contributed by atoms with Gasteiger partial charge in [0, 0.05) is 29.2 Å². The molecule has 0 aliphatic carbocycles. The normalized spacial score (nSPS) is 10.4. The first-order chi connectivity index (χ1) is 13.5. The molecule has 1 heterocycles. The second-order valence-electron chi connectivity index (χ2n) is 6.36. The number of carbonyl (C=O) groups is 2. The molecule has 0 saturated carbocycles. The second-order valence-corrected chi connectivity index (χ2v) is 7.59. The van der Waals surface area contributed by atoms with Gasteiger partial charge in [0.05, 0.1) is 14.2 Å². The summed E-state index contributed by atoms with van der Waals surface area (Å²) in [5.41, 5.74) is 0.422. The first-order valence-corrected chi connectivity index (χ1v) is 10.0. The molecule has 0 saturated heterocycles. The lowest BCUT2D eigenvalue weighted by atomic mass is 10.1. The number of benzene rings is 1. The number of aryl methyl sites for hydroxylation is 1. The van der Waals surface area contributed by atoms with Gasteiger partial charge < -0.3 is 19.7 Å². The molecule has 7 nitrogen and oxygen atoms in total. The number of methoxy groups -OCH3 is 2. The molecule has 8 heteroatoms. The van der Waals surface area contributed by atoms with Crippen LogP contribution in [0.3, 0.4) is 0 Å². The first-order valence-electron chi connectivity index (χ1n) is 9.21. The quantitative estimate of drug-likeness (QED) is 0.609. The smallest absolute Gasteiger partial charge is 0.254 e. The maximum atomic E-state index is 13.1. The van der Waals surface area contributed by atoms with Crippen molar-refractivity contribution in [2.45, 2.75) is 33.1 Å². The molecule has 1 aromatic carbocycles. The summed E-state index contributed by atoms with van der Waals surface area (Å²) in [6, 6.07) is 5.01. The van der Waals surface area contributed by atoms with E-state index < -0.39 is 0 Å². The summed E-state index contributed by atoms with van der Waals surface area (Å²) in [7, 11) is 3.07. The molecule has 0 spiro atoms. The monoisotopic (exact) mass is 405 g/mol. The number of amides is 2. The first kappa shape index (κ1) is 21.7. The van der Waals surface area contributed by atoms with Crippen LogP contribution in [0.15, 0.2) is 24.4 Å². The summed E-state index contributed by atoms with van der Waals surface area (Å²) in [6.45, 7) is 4.47. The van der Waals surface area contributed by atoms with Gasteiger partial charge in [-0.2, -0.15) is 0 Å². The molecule has 0 fully saturated rings. The Balaban J connectivity index is 2.16. The largest absolute Gasteiger partial charge is 0.497 e. The Morgan fingerprint density at radius 1 is 1.14 bits per heavy atom. The zero-order valence-electron chi connectivity index (χ0n) is 16.8. The van der Waals surface area contributed by atoms with E-state index in [1.165, 1.54) is 25.6 Å². The molecule has 2 aromatic rings. The summed E-state index contributed by atoms with van der Waals surface area (Å²) in [4.78, 5) is 32.2. The van der Waals surface area contributed by atoms with Crippen molar-refractivity contribution < 1.29 is 19.1 Å². The van der Waals surface area contributed by atoms with Gasteiger partial charge in [-0.15, -0.1) is 11.3 Å². The molecule has 152 valence electrons. The molecule has 0 radical (unpaired) electrons. The maximum Gasteiger partial charge on any atom is 0.254 e. The van der Waals surface area contributed by atoms with Crippen LogP contribution in [-0.2, 0) is 4.79 Å². The zero-order valence-corrected chi connectivity index (χ0v) is 17.6. The van der Waals surface area contributed by atoms with Gasteiger partial charge in [-0.1, -0.05) is 19.8 Å². The Hall–Kier alpha value is -2.61. The summed E-state index contributed by atoms with van der Waals surface area (Å²) in [5.74, 6) is 0.547. The number of rotatable bonds is 10. The highest BCUT2D eigenvalue weighted by molar-refractivity contribution is 7.15. The fraction of sp³-hybridized carbons (Fsp3) is 0.450. The van der Waals surface area contributed by atoms with Crippen LogP contribution < -0.4 is 14.8 Å². The van der Waals surface area contributed by atoms with E-state index in [1.54, 1.807) is 29.3 Å². The SMILES string of the molecule is CCCCCN(CC(=O)Nc1ncc(C)s1)C(=O)c1cc(OC)cc(OC)c1. The number of anilines is 1. The number of hydrogen-bond donors (Lipinski definition) is 1. The van der Waals surface area contributed by atoms with Gasteiger partial charge >= 0.3 is 0 Å². The van der Waals surface area contributed by atoms with Gasteiger partial charge in [0.1, 0.15) is 18.0 Å². The maximum absolute atomic E-state index is 13.1. The lowest BCUT2D eigenvalue weighted by molar-refractivity contribution is -0.116. The minimum Gasteiger partial charge on any atom is -0.497 e. The fourth-order valence-corrected chi connectivity index (χ4v) is 3.34. The van der Waals surface area contributed by atoms with Crippen molar-refractivity contribution in [2.75, 3.05) is 32.6 Å². The van der Waals surface area contributed by atoms with E-state index in [2.05, 4.69) is 17.2 Å². The van der Waals surface area contributed by atoms with Gasteiger partial charge in [0.15, 0.2) is 5.13 Å². The molecule has 28 heavy (non-hydrogen) atoms. The lowest BCUT2D eigenvalue weighted by Gasteiger charge is -2.22. The molecule has 0 unspecified atom stereocenters. The van der Waals surface area contributed by atoms with Crippen molar-refractivity contribution in [1.82, 2.24) is 9.88 Å². The van der Waals surface area contributed by atoms with Crippen molar-refractivity contribution in [2.24, 2.45) is 0 Å². The van der Waals surface area contributed by atoms with Crippen LogP contribution in [0.2, 0.25) is 0 Å². The predicted octanol–water partition coefficient (Wildman–Crippen LogP) is 3.74. The Kier molecular flexibility index (Phi) is 8.25. The Labute approximate surface area is 169 Å². The Morgan fingerprint density at radius 2 is 1.82 bits per heavy atom. The van der Waals surface area contributed by atoms with Crippen molar-refractivity contribution in [1.29, 1.82) is 0 Å². The summed E-state index contributed by atoms with van der Waals surface area (Å²) >= 11 is 1.40. The van der Waals surface area contributed by atoms with Crippen LogP contribution in [0.5, 0.6) is 11.5 Å². The van der Waals surface area contributed by atoms with Gasteiger partial charge in [-0.05, 0) is 25.5 Å². The molecule has 2 rings (SSSR count). The van der Waals surface area contributed by atoms with Gasteiger partial charge in [-0.3, -0.25) is 9.59 Å². The molecular formula is C20H27N3O4S. The van der Waals surface area contributed by atoms with Crippen molar-refractivity contribution in [3.63, 3.8) is 0 Å². The molecule has 1 aromatic heterocycles. The second kappa shape index (κ2) is 10.7. The van der Waals surface area contributed by atoms with Crippen LogP contribution in [0.4, 0.5) is 5.13 Å². The summed E-state index contributed by atoms with van der Waals surface area (Å²) in [6.07, 6.45) is 4.54. The minimum atomic E-state index is -0.269. The number of unbranched alkanes of at least 4 members (excludes halogenated alkanes) is 2. The number of hydrogen-bond acceptors (Lipinski definition) is 6. The number of nitrogens with one attached hydrogen (secondary N) is 1. The van der Waals surface area contributed by atoms with E-state index in [0.29, 0.717) is 28.7 Å². The third-order valence-corrected chi connectivity index (χ3v) is 4.95. The summed E-state index contributed by atoms with van der Waals surface area (Å²) in [5, 5.41) is 3.29. The highest BCUT2D eigenvalue weighted by Gasteiger charge is 2.20. The van der Waals surface area contributed by atoms with Crippen molar-refractivity contribution in [3.8, 4) is 11.5 Å². The average Bonchev–Trinajstić information content (AvgIpc) is 3.10. The van der Waals surface area contributed by atoms with Gasteiger partial charge in [-0.25, -0.2) is 4.98 Å². The van der Waals surface area contributed by atoms with Crippen LogP contribution in [0, 0.1) is 6.92 Å². The van der Waals surface area contributed by atoms with E-state index >= 15 is 0 Å². The molecule has 0 aliphatic rings. The number of thiazole rings is 1. The number of nitrogens with zero attached hydrogens (tertiary/aromatic N) is 2. The topological polar surface area (TPSA) is 80.8 Å². The number of carbonyl (C=O) groups excluding carboxylic acids is 2. The zero-order chi connectivity index (χ0) is 20.5. The molecule has 1 N–H and O–H groups in total. The van der Waals surface area contributed by atoms with Crippen molar-refractivity contribution in [3.05, 3.63) is 34.8 Å². The van der Waals surface area contributed by atoms with E-state index in [1.807, 2.05) is 6.92 Å². The molecule has 0 atom stereocenters. The molecule has 2 amide bonds. The molecule has 0 aliphatic heterocycles. The summed E-state index contributed by atoms with van der Waals surface area (Å²) < 4.78 is 10.5. The third-order valence-electron chi connectivity index (χ3n) is 4.12. The minimum absolute atomic E-state index is 0.0410. The van der Waals surface area contributed by atoms with E-state index in [9.17, 15) is 9.59 Å². The Morgan fingerprint density at radius 3 is 2.36 bits per heavy atom. The van der Waals surface area contributed by atoms with Crippen LogP contribution in [-0.4, -0.2) is 49.0 Å². The van der Waals surface area contributed by atoms with Crippen LogP contribution in [0.25, 0.3) is 0 Å². The van der Waals surface area contributed by atoms with E-state index in [4.69, 9.17) is 9.47 Å². The van der Waals surface area contributed by atoms with E-state index in [0.717, 1.165) is 24.1 Å². The average molecular weight is 406 g/mol. The number of ether oxygens (including phenoxy) is 2. The molecular weight excluding hydrogens is 378 g/mol. The predicted molar refractivity (Wildman–Crippen MR) is 110 cm³/mol. The lowest BCUT2D eigenvalue weighted by Crippen LogP contribution is -2.38. The van der Waals surface area contributed by atoms with Crippen molar-refractivity contribution >= 4 is 28.3 Å². The number of aromatic nitrogens is 1. The highest BCUT2D eigenvalue weighted by atomic mass is 32.1. The standard InChI is InChI=1S/C20H27N3O4S/c1-5-6-7-8-23(13-18(24)22-20-21-12-14(2)28-20)19(25)15-9-16(26-3)11-17(10-15)27-4/h9-12H,5-8,13H2,1-4H3,(H,21,22,24). The molecule has 0 bridgehead atoms. The van der Waals surface area contributed by atoms with E-state index in [-0.39, 0.29) is 18.4 Å². The third kappa shape index (κ3) is 6.23. The van der Waals surface area contributed by atoms with Gasteiger partial charge in [0.25, 0.3) is 5.91 Å². The fourth-order valence-electron chi connectivity index (χ4n) is 2.66. The van der Waals surface area contributed by atoms with Crippen LogP contribution >= 0.6 is 11.3 Å².